The van der Waals surface area contributed by atoms with Gasteiger partial charge in [-0.3, -0.25) is 14.5 Å². The van der Waals surface area contributed by atoms with E-state index in [1.807, 2.05) is 19.1 Å². The number of amides is 1. The molecule has 0 saturated heterocycles. The van der Waals surface area contributed by atoms with Gasteiger partial charge in [0.2, 0.25) is 10.0 Å². The van der Waals surface area contributed by atoms with Crippen LogP contribution in [0.3, 0.4) is 0 Å². The number of carbonyl (C=O) groups excluding carboxylic acids is 1. The highest BCUT2D eigenvalue weighted by atomic mass is 32.2. The standard InChI is InChI=1S/C15H17N3O3S/c1-11(14-8-3-4-9-16-14)17-15(19)12-6-5-7-13(10-12)18-22(2,20)21/h3-11,18H,1-2H3,(H,17,19). The average molecular weight is 319 g/mol. The van der Waals surface area contributed by atoms with E-state index in [9.17, 15) is 13.2 Å². The van der Waals surface area contributed by atoms with Crippen molar-refractivity contribution >= 4 is 21.6 Å². The van der Waals surface area contributed by atoms with E-state index in [1.165, 1.54) is 6.07 Å². The van der Waals surface area contributed by atoms with Gasteiger partial charge < -0.3 is 5.32 Å². The predicted molar refractivity (Wildman–Crippen MR) is 85.0 cm³/mol. The van der Waals surface area contributed by atoms with Crippen molar-refractivity contribution in [2.45, 2.75) is 13.0 Å². The molecule has 1 aromatic carbocycles. The van der Waals surface area contributed by atoms with Gasteiger partial charge in [0.15, 0.2) is 0 Å². The summed E-state index contributed by atoms with van der Waals surface area (Å²) >= 11 is 0. The third kappa shape index (κ3) is 4.56. The lowest BCUT2D eigenvalue weighted by molar-refractivity contribution is 0.0939. The number of nitrogens with zero attached hydrogens (tertiary/aromatic N) is 1. The molecular weight excluding hydrogens is 302 g/mol. The molecule has 1 aromatic heterocycles. The molecule has 0 spiro atoms. The van der Waals surface area contributed by atoms with Gasteiger partial charge in [-0.1, -0.05) is 12.1 Å². The van der Waals surface area contributed by atoms with Crippen molar-refractivity contribution in [1.82, 2.24) is 10.3 Å². The van der Waals surface area contributed by atoms with Gasteiger partial charge in [0.05, 0.1) is 18.0 Å². The molecule has 6 nitrogen and oxygen atoms in total. The maximum atomic E-state index is 12.2. The summed E-state index contributed by atoms with van der Waals surface area (Å²) in [6, 6.07) is 11.5. The summed E-state index contributed by atoms with van der Waals surface area (Å²) in [5.41, 5.74) is 1.47. The van der Waals surface area contributed by atoms with Crippen LogP contribution >= 0.6 is 0 Å². The summed E-state index contributed by atoms with van der Waals surface area (Å²) < 4.78 is 24.8. The first kappa shape index (κ1) is 16.0. The van der Waals surface area contributed by atoms with Gasteiger partial charge in [-0.05, 0) is 37.3 Å². The number of carbonyl (C=O) groups is 1. The Kier molecular flexibility index (Phi) is 4.77. The molecule has 22 heavy (non-hydrogen) atoms. The molecule has 1 unspecified atom stereocenters. The first-order valence-corrected chi connectivity index (χ1v) is 8.54. The van der Waals surface area contributed by atoms with Crippen molar-refractivity contribution in [2.75, 3.05) is 11.0 Å². The minimum absolute atomic E-state index is 0.250. The molecule has 0 aliphatic heterocycles. The Bertz CT molecular complexity index is 761. The number of benzene rings is 1. The van der Waals surface area contributed by atoms with Gasteiger partial charge in [0.25, 0.3) is 5.91 Å². The van der Waals surface area contributed by atoms with Gasteiger partial charge in [0.1, 0.15) is 0 Å². The van der Waals surface area contributed by atoms with Gasteiger partial charge in [-0.2, -0.15) is 0 Å². The molecule has 0 bridgehead atoms. The quantitative estimate of drug-likeness (QED) is 0.881. The van der Waals surface area contributed by atoms with Crippen LogP contribution in [0.15, 0.2) is 48.7 Å². The molecule has 1 atom stereocenters. The van der Waals surface area contributed by atoms with Gasteiger partial charge in [-0.25, -0.2) is 8.42 Å². The molecule has 0 aliphatic carbocycles. The highest BCUT2D eigenvalue weighted by Gasteiger charge is 2.13. The number of hydrogen-bond acceptors (Lipinski definition) is 4. The van der Waals surface area contributed by atoms with E-state index in [-0.39, 0.29) is 11.9 Å². The summed E-state index contributed by atoms with van der Waals surface area (Å²) in [4.78, 5) is 16.4. The van der Waals surface area contributed by atoms with E-state index in [1.54, 1.807) is 30.5 Å². The van der Waals surface area contributed by atoms with Gasteiger partial charge in [-0.15, -0.1) is 0 Å². The first-order valence-electron chi connectivity index (χ1n) is 6.65. The normalized spacial score (nSPS) is 12.5. The fourth-order valence-corrected chi connectivity index (χ4v) is 2.48. The number of anilines is 1. The van der Waals surface area contributed by atoms with Crippen molar-refractivity contribution in [2.24, 2.45) is 0 Å². The number of nitrogens with one attached hydrogen (secondary N) is 2. The Balaban J connectivity index is 2.11. The highest BCUT2D eigenvalue weighted by Crippen LogP contribution is 2.14. The third-order valence-corrected chi connectivity index (χ3v) is 3.51. The number of sulfonamides is 1. The van der Waals surface area contributed by atoms with Gasteiger partial charge in [0, 0.05) is 17.4 Å². The average Bonchev–Trinajstić information content (AvgIpc) is 2.46. The Morgan fingerprint density at radius 3 is 2.59 bits per heavy atom. The first-order chi connectivity index (χ1) is 10.3. The van der Waals surface area contributed by atoms with Crippen molar-refractivity contribution in [3.8, 4) is 0 Å². The van der Waals surface area contributed by atoms with Crippen LogP contribution in [-0.2, 0) is 10.0 Å². The molecule has 0 aliphatic rings. The van der Waals surface area contributed by atoms with Crippen LogP contribution in [0.25, 0.3) is 0 Å². The molecule has 7 heteroatoms. The lowest BCUT2D eigenvalue weighted by Crippen LogP contribution is -2.27. The summed E-state index contributed by atoms with van der Waals surface area (Å²) in [6.45, 7) is 1.83. The Labute approximate surface area is 129 Å². The minimum Gasteiger partial charge on any atom is -0.344 e. The SMILES string of the molecule is CC(NC(=O)c1cccc(NS(C)(=O)=O)c1)c1ccccn1. The zero-order valence-electron chi connectivity index (χ0n) is 12.3. The maximum absolute atomic E-state index is 12.2. The topological polar surface area (TPSA) is 88.2 Å². The second kappa shape index (κ2) is 6.57. The zero-order valence-corrected chi connectivity index (χ0v) is 13.1. The fourth-order valence-electron chi connectivity index (χ4n) is 1.92. The van der Waals surface area contributed by atoms with Crippen LogP contribution in [0.1, 0.15) is 29.0 Å². The largest absolute Gasteiger partial charge is 0.344 e. The summed E-state index contributed by atoms with van der Waals surface area (Å²) in [7, 11) is -3.38. The maximum Gasteiger partial charge on any atom is 0.251 e. The van der Waals surface area contributed by atoms with Crippen LogP contribution in [-0.4, -0.2) is 25.6 Å². The summed E-state index contributed by atoms with van der Waals surface area (Å²) in [6.07, 6.45) is 2.72. The second-order valence-corrected chi connectivity index (χ2v) is 6.65. The fraction of sp³-hybridized carbons (Fsp3) is 0.200. The van der Waals surface area contributed by atoms with E-state index in [0.717, 1.165) is 11.9 Å². The zero-order chi connectivity index (χ0) is 16.2. The molecule has 1 heterocycles. The molecule has 1 amide bonds. The molecule has 2 N–H and O–H groups in total. The van der Waals surface area contributed by atoms with Crippen LogP contribution < -0.4 is 10.0 Å². The lowest BCUT2D eigenvalue weighted by atomic mass is 10.1. The van der Waals surface area contributed by atoms with Crippen molar-refractivity contribution in [3.05, 3.63) is 59.9 Å². The Hall–Kier alpha value is -2.41. The number of aromatic nitrogens is 1. The predicted octanol–water partition coefficient (Wildman–Crippen LogP) is 1.94. The van der Waals surface area contributed by atoms with Gasteiger partial charge >= 0.3 is 0 Å². The van der Waals surface area contributed by atoms with Crippen molar-refractivity contribution in [1.29, 1.82) is 0 Å². The minimum atomic E-state index is -3.38. The van der Waals surface area contributed by atoms with Crippen LogP contribution in [0.4, 0.5) is 5.69 Å². The molecular formula is C15H17N3O3S. The number of hydrogen-bond donors (Lipinski definition) is 2. The Morgan fingerprint density at radius 1 is 1.18 bits per heavy atom. The van der Waals surface area contributed by atoms with E-state index in [4.69, 9.17) is 0 Å². The molecule has 2 rings (SSSR count). The van der Waals surface area contributed by atoms with E-state index in [2.05, 4.69) is 15.0 Å². The van der Waals surface area contributed by atoms with Crippen molar-refractivity contribution in [3.63, 3.8) is 0 Å². The Morgan fingerprint density at radius 2 is 1.95 bits per heavy atom. The van der Waals surface area contributed by atoms with Crippen molar-refractivity contribution < 1.29 is 13.2 Å². The van der Waals surface area contributed by atoms with Crippen LogP contribution in [0, 0.1) is 0 Å². The smallest absolute Gasteiger partial charge is 0.251 e. The highest BCUT2D eigenvalue weighted by molar-refractivity contribution is 7.92. The second-order valence-electron chi connectivity index (χ2n) is 4.90. The van der Waals surface area contributed by atoms with Crippen LogP contribution in [0.2, 0.25) is 0 Å². The number of rotatable bonds is 5. The molecule has 116 valence electrons. The lowest BCUT2D eigenvalue weighted by Gasteiger charge is -2.14. The third-order valence-electron chi connectivity index (χ3n) is 2.91. The van der Waals surface area contributed by atoms with E-state index >= 15 is 0 Å². The number of pyridine rings is 1. The van der Waals surface area contributed by atoms with E-state index in [0.29, 0.717) is 11.3 Å². The monoisotopic (exact) mass is 319 g/mol. The summed E-state index contributed by atoms with van der Waals surface area (Å²) in [5, 5.41) is 2.82. The molecule has 0 radical (unpaired) electrons. The molecule has 0 fully saturated rings. The molecule has 0 saturated carbocycles. The summed E-state index contributed by atoms with van der Waals surface area (Å²) in [5.74, 6) is -0.296. The molecule has 2 aromatic rings. The van der Waals surface area contributed by atoms with Crippen LogP contribution in [0.5, 0.6) is 0 Å². The van der Waals surface area contributed by atoms with E-state index < -0.39 is 10.0 Å².